The Balaban J connectivity index is 2.33. The Morgan fingerprint density at radius 2 is 2.33 bits per heavy atom. The van der Waals surface area contributed by atoms with Crippen LogP contribution < -0.4 is 0 Å². The number of rotatable bonds is 3. The van der Waals surface area contributed by atoms with Crippen LogP contribution in [0.5, 0.6) is 0 Å². The number of aliphatic hydroxyl groups is 1. The molecule has 0 radical (unpaired) electrons. The molecule has 1 fully saturated rings. The predicted molar refractivity (Wildman–Crippen MR) is 47.8 cm³/mol. The minimum Gasteiger partial charge on any atom is -0.396 e. The highest BCUT2D eigenvalue weighted by molar-refractivity contribution is 5.81. The zero-order valence-electron chi connectivity index (χ0n) is 7.75. The number of hydrogen-bond donors (Lipinski definition) is 1. The molecule has 1 N–H and O–H groups in total. The van der Waals surface area contributed by atoms with Crippen molar-refractivity contribution >= 4 is 5.78 Å². The molecule has 12 heavy (non-hydrogen) atoms. The van der Waals surface area contributed by atoms with Crippen molar-refractivity contribution in [1.29, 1.82) is 0 Å². The predicted octanol–water partition coefficient (Wildman–Crippen LogP) is 1.76. The van der Waals surface area contributed by atoms with Crippen molar-refractivity contribution in [2.24, 2.45) is 11.8 Å². The van der Waals surface area contributed by atoms with Gasteiger partial charge in [0.1, 0.15) is 5.78 Å². The van der Waals surface area contributed by atoms with Crippen molar-refractivity contribution in [3.8, 4) is 0 Å². The smallest absolute Gasteiger partial charge is 0.135 e. The number of ketones is 1. The van der Waals surface area contributed by atoms with E-state index in [-0.39, 0.29) is 12.5 Å². The molecule has 0 aromatic heterocycles. The molecular weight excluding hydrogens is 152 g/mol. The van der Waals surface area contributed by atoms with Gasteiger partial charge in [0, 0.05) is 18.9 Å². The second-order valence-corrected chi connectivity index (χ2v) is 3.91. The minimum atomic E-state index is 0.220. The summed E-state index contributed by atoms with van der Waals surface area (Å²) in [6, 6.07) is 0. The Bertz CT molecular complexity index is 154. The van der Waals surface area contributed by atoms with Gasteiger partial charge in [0.2, 0.25) is 0 Å². The van der Waals surface area contributed by atoms with Crippen LogP contribution in [-0.4, -0.2) is 17.5 Å². The fourth-order valence-electron chi connectivity index (χ4n) is 1.94. The van der Waals surface area contributed by atoms with Crippen LogP contribution in [0.15, 0.2) is 0 Å². The molecule has 2 nitrogen and oxygen atoms in total. The molecule has 1 aliphatic rings. The maximum absolute atomic E-state index is 11.4. The van der Waals surface area contributed by atoms with E-state index in [0.717, 1.165) is 32.1 Å². The zero-order chi connectivity index (χ0) is 8.97. The van der Waals surface area contributed by atoms with Crippen LogP contribution in [-0.2, 0) is 4.79 Å². The molecule has 0 bridgehead atoms. The molecular formula is C10H18O2. The highest BCUT2D eigenvalue weighted by Gasteiger charge is 2.25. The Morgan fingerprint density at radius 3 is 3.00 bits per heavy atom. The van der Waals surface area contributed by atoms with Gasteiger partial charge in [0.05, 0.1) is 0 Å². The molecule has 0 saturated heterocycles. The summed E-state index contributed by atoms with van der Waals surface area (Å²) in [5.41, 5.74) is 0. The lowest BCUT2D eigenvalue weighted by atomic mass is 9.79. The van der Waals surface area contributed by atoms with E-state index in [1.165, 1.54) is 0 Å². The summed E-state index contributed by atoms with van der Waals surface area (Å²) in [6.07, 6.45) is 4.54. The summed E-state index contributed by atoms with van der Waals surface area (Å²) in [4.78, 5) is 11.4. The van der Waals surface area contributed by atoms with Gasteiger partial charge in [-0.1, -0.05) is 6.92 Å². The third kappa shape index (κ3) is 2.59. The van der Waals surface area contributed by atoms with Gasteiger partial charge in [0.15, 0.2) is 0 Å². The first-order valence-electron chi connectivity index (χ1n) is 4.87. The molecule has 2 atom stereocenters. The van der Waals surface area contributed by atoms with E-state index in [0.29, 0.717) is 11.7 Å². The van der Waals surface area contributed by atoms with Crippen molar-refractivity contribution in [3.05, 3.63) is 0 Å². The molecule has 70 valence electrons. The van der Waals surface area contributed by atoms with E-state index in [2.05, 4.69) is 6.92 Å². The quantitative estimate of drug-likeness (QED) is 0.700. The number of Topliss-reactive ketones (excluding diaryl/α,β-unsaturated/α-hetero) is 1. The third-order valence-corrected chi connectivity index (χ3v) is 2.74. The molecule has 1 saturated carbocycles. The number of carbonyl (C=O) groups excluding carboxylic acids is 1. The molecule has 1 rings (SSSR count). The lowest BCUT2D eigenvalue weighted by Gasteiger charge is -2.25. The van der Waals surface area contributed by atoms with Crippen LogP contribution in [0.25, 0.3) is 0 Å². The van der Waals surface area contributed by atoms with Crippen LogP contribution >= 0.6 is 0 Å². The van der Waals surface area contributed by atoms with Gasteiger partial charge in [-0.15, -0.1) is 0 Å². The average molecular weight is 170 g/mol. The highest BCUT2D eigenvalue weighted by atomic mass is 16.2. The number of carbonyl (C=O) groups is 1. The van der Waals surface area contributed by atoms with E-state index in [1.54, 1.807) is 0 Å². The largest absolute Gasteiger partial charge is 0.396 e. The third-order valence-electron chi connectivity index (χ3n) is 2.74. The Hall–Kier alpha value is -0.370. The van der Waals surface area contributed by atoms with E-state index in [1.807, 2.05) is 0 Å². The highest BCUT2D eigenvalue weighted by Crippen LogP contribution is 2.28. The Kier molecular flexibility index (Phi) is 3.73. The molecule has 1 aliphatic carbocycles. The molecule has 0 aromatic rings. The fraction of sp³-hybridized carbons (Fsp3) is 0.900. The summed E-state index contributed by atoms with van der Waals surface area (Å²) in [6.45, 7) is 2.43. The van der Waals surface area contributed by atoms with Crippen molar-refractivity contribution in [2.75, 3.05) is 6.61 Å². The standard InChI is InChI=1S/C10H18O2/c1-8-4-5-10(12)9(7-8)3-2-6-11/h8-9,11H,2-7H2,1H3. The van der Waals surface area contributed by atoms with Crippen molar-refractivity contribution in [2.45, 2.75) is 39.0 Å². The fourth-order valence-corrected chi connectivity index (χ4v) is 1.94. The molecule has 0 heterocycles. The van der Waals surface area contributed by atoms with Gasteiger partial charge in [-0.2, -0.15) is 0 Å². The molecule has 2 heteroatoms. The van der Waals surface area contributed by atoms with Crippen LogP contribution in [0.3, 0.4) is 0 Å². The van der Waals surface area contributed by atoms with E-state index < -0.39 is 0 Å². The Morgan fingerprint density at radius 1 is 1.58 bits per heavy atom. The first-order valence-corrected chi connectivity index (χ1v) is 4.87. The summed E-state index contributed by atoms with van der Waals surface area (Å²) >= 11 is 0. The maximum Gasteiger partial charge on any atom is 0.135 e. The second kappa shape index (κ2) is 4.61. The van der Waals surface area contributed by atoms with Crippen LogP contribution in [0.2, 0.25) is 0 Å². The van der Waals surface area contributed by atoms with Crippen molar-refractivity contribution < 1.29 is 9.90 Å². The van der Waals surface area contributed by atoms with E-state index >= 15 is 0 Å². The summed E-state index contributed by atoms with van der Waals surface area (Å²) in [5, 5.41) is 8.64. The van der Waals surface area contributed by atoms with E-state index in [4.69, 9.17) is 5.11 Å². The average Bonchev–Trinajstić information content (AvgIpc) is 2.07. The monoisotopic (exact) mass is 170 g/mol. The lowest BCUT2D eigenvalue weighted by Crippen LogP contribution is -2.23. The van der Waals surface area contributed by atoms with Gasteiger partial charge >= 0.3 is 0 Å². The van der Waals surface area contributed by atoms with Crippen LogP contribution in [0.4, 0.5) is 0 Å². The van der Waals surface area contributed by atoms with Crippen molar-refractivity contribution in [3.63, 3.8) is 0 Å². The zero-order valence-corrected chi connectivity index (χ0v) is 7.75. The van der Waals surface area contributed by atoms with Crippen LogP contribution in [0.1, 0.15) is 39.0 Å². The maximum atomic E-state index is 11.4. The number of hydrogen-bond acceptors (Lipinski definition) is 2. The number of aliphatic hydroxyl groups excluding tert-OH is 1. The molecule has 0 spiro atoms. The Labute approximate surface area is 74.0 Å². The molecule has 0 amide bonds. The summed E-state index contributed by atoms with van der Waals surface area (Å²) in [7, 11) is 0. The molecule has 0 aliphatic heterocycles. The van der Waals surface area contributed by atoms with Gasteiger partial charge in [-0.25, -0.2) is 0 Å². The van der Waals surface area contributed by atoms with Crippen molar-refractivity contribution in [1.82, 2.24) is 0 Å². The van der Waals surface area contributed by atoms with Crippen LogP contribution in [0, 0.1) is 11.8 Å². The van der Waals surface area contributed by atoms with Gasteiger partial charge in [0.25, 0.3) is 0 Å². The second-order valence-electron chi connectivity index (χ2n) is 3.91. The topological polar surface area (TPSA) is 37.3 Å². The molecule has 0 aromatic carbocycles. The van der Waals surface area contributed by atoms with Gasteiger partial charge < -0.3 is 5.11 Å². The SMILES string of the molecule is CC1CCC(=O)C(CCCO)C1. The first kappa shape index (κ1) is 9.72. The molecule has 2 unspecified atom stereocenters. The summed E-state index contributed by atoms with van der Waals surface area (Å²) < 4.78 is 0. The first-order chi connectivity index (χ1) is 5.74. The summed E-state index contributed by atoms with van der Waals surface area (Å²) in [5.74, 6) is 1.37. The lowest BCUT2D eigenvalue weighted by molar-refractivity contribution is -0.125. The minimum absolute atomic E-state index is 0.220. The normalized spacial score (nSPS) is 30.7. The van der Waals surface area contributed by atoms with Gasteiger partial charge in [-0.3, -0.25) is 4.79 Å². The van der Waals surface area contributed by atoms with E-state index in [9.17, 15) is 4.79 Å². The van der Waals surface area contributed by atoms with Gasteiger partial charge in [-0.05, 0) is 31.6 Å².